The van der Waals surface area contributed by atoms with Crippen LogP contribution in [0.25, 0.3) is 0 Å². The van der Waals surface area contributed by atoms with Gasteiger partial charge >= 0.3 is 0 Å². The van der Waals surface area contributed by atoms with Crippen molar-refractivity contribution in [1.29, 1.82) is 0 Å². The fourth-order valence-corrected chi connectivity index (χ4v) is 4.30. The molecule has 1 aromatic heterocycles. The van der Waals surface area contributed by atoms with Crippen LogP contribution in [0.1, 0.15) is 54.8 Å². The lowest BCUT2D eigenvalue weighted by Crippen LogP contribution is -2.23. The molecule has 1 amide bonds. The Morgan fingerprint density at radius 2 is 2.00 bits per heavy atom. The molecule has 29 heavy (non-hydrogen) atoms. The van der Waals surface area contributed by atoms with Gasteiger partial charge in [0.25, 0.3) is 0 Å². The van der Waals surface area contributed by atoms with Crippen LogP contribution in [0.4, 0.5) is 5.82 Å². The van der Waals surface area contributed by atoms with Gasteiger partial charge in [0.1, 0.15) is 11.6 Å². The molecule has 0 saturated heterocycles. The fraction of sp³-hybridized carbons (Fsp3) is 0.333. The first kappa shape index (κ1) is 19.2. The van der Waals surface area contributed by atoms with Gasteiger partial charge in [-0.1, -0.05) is 49.4 Å². The maximum Gasteiger partial charge on any atom is 0.226 e. The Kier molecular flexibility index (Phi) is 5.65. The van der Waals surface area contributed by atoms with Gasteiger partial charge in [0.05, 0.1) is 19.3 Å². The third-order valence-electron chi connectivity index (χ3n) is 5.73. The van der Waals surface area contributed by atoms with E-state index in [9.17, 15) is 4.79 Å². The van der Waals surface area contributed by atoms with E-state index in [1.807, 2.05) is 41.9 Å². The van der Waals surface area contributed by atoms with Crippen molar-refractivity contribution < 1.29 is 9.53 Å². The molecule has 3 aromatic rings. The van der Waals surface area contributed by atoms with Gasteiger partial charge in [0.15, 0.2) is 0 Å². The number of rotatable bonds is 6. The van der Waals surface area contributed by atoms with E-state index >= 15 is 0 Å². The molecule has 4 rings (SSSR count). The lowest BCUT2D eigenvalue weighted by atomic mass is 9.88. The second-order valence-corrected chi connectivity index (χ2v) is 7.66. The standard InChI is InChI=1S/C24H27N3O2/c1-17(19-10-5-6-13-22(19)29-2)16-24(28)26-23-14-15-25-27(23)21-12-7-9-18-8-3-4-11-20(18)21/h3-6,8,10-11,13-15,17,21H,7,9,12,16H2,1-2H3,(H,26,28). The molecule has 0 spiro atoms. The van der Waals surface area contributed by atoms with E-state index in [0.29, 0.717) is 6.42 Å². The van der Waals surface area contributed by atoms with Crippen LogP contribution in [-0.2, 0) is 11.2 Å². The summed E-state index contributed by atoms with van der Waals surface area (Å²) >= 11 is 0. The highest BCUT2D eigenvalue weighted by molar-refractivity contribution is 5.90. The number of aromatic nitrogens is 2. The quantitative estimate of drug-likeness (QED) is 0.649. The molecule has 5 nitrogen and oxygen atoms in total. The molecule has 1 N–H and O–H groups in total. The van der Waals surface area contributed by atoms with Gasteiger partial charge in [0, 0.05) is 12.5 Å². The first-order valence-corrected chi connectivity index (χ1v) is 10.2. The lowest BCUT2D eigenvalue weighted by molar-refractivity contribution is -0.116. The van der Waals surface area contributed by atoms with E-state index in [2.05, 4.69) is 34.7 Å². The Labute approximate surface area is 171 Å². The molecule has 150 valence electrons. The lowest BCUT2D eigenvalue weighted by Gasteiger charge is -2.27. The molecule has 2 atom stereocenters. The molecule has 1 aliphatic rings. The summed E-state index contributed by atoms with van der Waals surface area (Å²) in [4.78, 5) is 12.8. The van der Waals surface area contributed by atoms with E-state index < -0.39 is 0 Å². The second kappa shape index (κ2) is 8.52. The SMILES string of the molecule is COc1ccccc1C(C)CC(=O)Nc1ccnn1C1CCCc2ccccc21. The number of anilines is 1. The largest absolute Gasteiger partial charge is 0.496 e. The highest BCUT2D eigenvalue weighted by Gasteiger charge is 2.24. The topological polar surface area (TPSA) is 56.1 Å². The summed E-state index contributed by atoms with van der Waals surface area (Å²) in [5.74, 6) is 1.60. The van der Waals surface area contributed by atoms with Crippen LogP contribution in [0.15, 0.2) is 60.8 Å². The minimum absolute atomic E-state index is 0.0192. The molecule has 2 aromatic carbocycles. The zero-order valence-corrected chi connectivity index (χ0v) is 17.0. The number of hydrogen-bond donors (Lipinski definition) is 1. The van der Waals surface area contributed by atoms with Crippen LogP contribution >= 0.6 is 0 Å². The first-order valence-electron chi connectivity index (χ1n) is 10.2. The molecular weight excluding hydrogens is 362 g/mol. The van der Waals surface area contributed by atoms with Crippen LogP contribution < -0.4 is 10.1 Å². The Balaban J connectivity index is 1.49. The van der Waals surface area contributed by atoms with Crippen LogP contribution in [0.2, 0.25) is 0 Å². The monoisotopic (exact) mass is 389 g/mol. The summed E-state index contributed by atoms with van der Waals surface area (Å²) in [6.07, 6.45) is 5.40. The van der Waals surface area contributed by atoms with Crippen molar-refractivity contribution in [1.82, 2.24) is 9.78 Å². The third kappa shape index (κ3) is 4.04. The molecule has 0 bridgehead atoms. The normalized spacial score (nSPS) is 16.7. The molecular formula is C24H27N3O2. The minimum Gasteiger partial charge on any atom is -0.496 e. The zero-order chi connectivity index (χ0) is 20.2. The van der Waals surface area contributed by atoms with E-state index in [-0.39, 0.29) is 17.9 Å². The Morgan fingerprint density at radius 1 is 1.21 bits per heavy atom. The predicted molar refractivity (Wildman–Crippen MR) is 114 cm³/mol. The van der Waals surface area contributed by atoms with Gasteiger partial charge in [-0.2, -0.15) is 5.10 Å². The van der Waals surface area contributed by atoms with Crippen molar-refractivity contribution in [3.05, 3.63) is 77.5 Å². The van der Waals surface area contributed by atoms with Crippen LogP contribution in [0.3, 0.4) is 0 Å². The summed E-state index contributed by atoms with van der Waals surface area (Å²) in [5.41, 5.74) is 3.72. The smallest absolute Gasteiger partial charge is 0.226 e. The Hall–Kier alpha value is -3.08. The van der Waals surface area contributed by atoms with E-state index in [1.165, 1.54) is 11.1 Å². The van der Waals surface area contributed by atoms with E-state index in [4.69, 9.17) is 4.74 Å². The number of amides is 1. The number of nitrogens with zero attached hydrogens (tertiary/aromatic N) is 2. The van der Waals surface area contributed by atoms with Gasteiger partial charge in [0.2, 0.25) is 5.91 Å². The number of para-hydroxylation sites is 1. The Bertz CT molecular complexity index is 995. The van der Waals surface area contributed by atoms with Gasteiger partial charge in [-0.05, 0) is 47.9 Å². The molecule has 0 fully saturated rings. The van der Waals surface area contributed by atoms with Crippen LogP contribution in [-0.4, -0.2) is 22.8 Å². The van der Waals surface area contributed by atoms with Gasteiger partial charge in [-0.25, -0.2) is 4.68 Å². The van der Waals surface area contributed by atoms with Crippen molar-refractivity contribution in [3.63, 3.8) is 0 Å². The molecule has 0 aliphatic heterocycles. The molecule has 1 heterocycles. The highest BCUT2D eigenvalue weighted by atomic mass is 16.5. The number of fused-ring (bicyclic) bond motifs is 1. The summed E-state index contributed by atoms with van der Waals surface area (Å²) in [7, 11) is 1.66. The molecule has 0 radical (unpaired) electrons. The number of aryl methyl sites for hydroxylation is 1. The van der Waals surface area contributed by atoms with E-state index in [0.717, 1.165) is 36.4 Å². The maximum atomic E-state index is 12.8. The molecule has 5 heteroatoms. The Morgan fingerprint density at radius 3 is 2.86 bits per heavy atom. The summed E-state index contributed by atoms with van der Waals surface area (Å²) in [6, 6.07) is 18.4. The third-order valence-corrected chi connectivity index (χ3v) is 5.73. The number of methoxy groups -OCH3 is 1. The summed E-state index contributed by atoms with van der Waals surface area (Å²) in [5, 5.41) is 7.62. The first-order chi connectivity index (χ1) is 14.2. The molecule has 1 aliphatic carbocycles. The van der Waals surface area contributed by atoms with Gasteiger partial charge in [-0.3, -0.25) is 4.79 Å². The fourth-order valence-electron chi connectivity index (χ4n) is 4.30. The second-order valence-electron chi connectivity index (χ2n) is 7.66. The van der Waals surface area contributed by atoms with Crippen molar-refractivity contribution >= 4 is 11.7 Å². The number of hydrogen-bond acceptors (Lipinski definition) is 3. The number of carbonyl (C=O) groups is 1. The minimum atomic E-state index is -0.0192. The highest BCUT2D eigenvalue weighted by Crippen LogP contribution is 2.34. The van der Waals surface area contributed by atoms with Crippen molar-refractivity contribution in [2.45, 2.75) is 44.6 Å². The average Bonchev–Trinajstić information content (AvgIpc) is 3.20. The number of ether oxygens (including phenoxy) is 1. The summed E-state index contributed by atoms with van der Waals surface area (Å²) < 4.78 is 7.40. The number of benzene rings is 2. The van der Waals surface area contributed by atoms with Gasteiger partial charge < -0.3 is 10.1 Å². The predicted octanol–water partition coefficient (Wildman–Crippen LogP) is 4.95. The van der Waals surface area contributed by atoms with Crippen LogP contribution in [0.5, 0.6) is 5.75 Å². The summed E-state index contributed by atoms with van der Waals surface area (Å²) in [6.45, 7) is 2.05. The maximum absolute atomic E-state index is 12.8. The van der Waals surface area contributed by atoms with E-state index in [1.54, 1.807) is 13.3 Å². The van der Waals surface area contributed by atoms with Gasteiger partial charge in [-0.15, -0.1) is 0 Å². The van der Waals surface area contributed by atoms with Crippen molar-refractivity contribution in [2.24, 2.45) is 0 Å². The average molecular weight is 389 g/mol. The van der Waals surface area contributed by atoms with Crippen LogP contribution in [0, 0.1) is 0 Å². The van der Waals surface area contributed by atoms with Crippen molar-refractivity contribution in [3.8, 4) is 5.75 Å². The number of nitrogens with one attached hydrogen (secondary N) is 1. The molecule has 0 saturated carbocycles. The molecule has 2 unspecified atom stereocenters. The number of carbonyl (C=O) groups excluding carboxylic acids is 1. The van der Waals surface area contributed by atoms with Crippen molar-refractivity contribution in [2.75, 3.05) is 12.4 Å². The zero-order valence-electron chi connectivity index (χ0n) is 17.0.